The van der Waals surface area contributed by atoms with Gasteiger partial charge >= 0.3 is 0 Å². The van der Waals surface area contributed by atoms with Crippen molar-refractivity contribution in [3.8, 4) is 5.69 Å². The Hall–Kier alpha value is -1.66. The fourth-order valence-corrected chi connectivity index (χ4v) is 2.22. The van der Waals surface area contributed by atoms with Gasteiger partial charge in [0.2, 0.25) is 0 Å². The molecule has 1 atom stereocenters. The third-order valence-electron chi connectivity index (χ3n) is 2.90. The lowest BCUT2D eigenvalue weighted by atomic mass is 10.1. The van der Waals surface area contributed by atoms with E-state index in [0.717, 1.165) is 15.7 Å². The van der Waals surface area contributed by atoms with E-state index in [4.69, 9.17) is 0 Å². The second-order valence-corrected chi connectivity index (χ2v) is 5.64. The van der Waals surface area contributed by atoms with Gasteiger partial charge in [-0.25, -0.2) is 4.68 Å². The lowest BCUT2D eigenvalue weighted by molar-refractivity contribution is 0.0821. The zero-order chi connectivity index (χ0) is 14.9. The molecule has 0 aliphatic carbocycles. The molecular weight excluding hydrogens is 322 g/mol. The van der Waals surface area contributed by atoms with E-state index in [1.807, 2.05) is 18.2 Å². The van der Waals surface area contributed by atoms with Gasteiger partial charge in [-0.05, 0) is 25.1 Å². The molecule has 1 aromatic carbocycles. The minimum atomic E-state index is -0.615. The topological polar surface area (TPSA) is 58.4 Å². The van der Waals surface area contributed by atoms with Crippen molar-refractivity contribution < 1.29 is 9.90 Å². The molecular formula is C14H16BrN3O2. The Morgan fingerprint density at radius 3 is 2.70 bits per heavy atom. The summed E-state index contributed by atoms with van der Waals surface area (Å²) in [6.07, 6.45) is 1.10. The molecule has 0 aliphatic heterocycles. The van der Waals surface area contributed by atoms with Gasteiger partial charge in [-0.15, -0.1) is 0 Å². The third-order valence-corrected chi connectivity index (χ3v) is 3.40. The van der Waals surface area contributed by atoms with Gasteiger partial charge in [0.25, 0.3) is 5.91 Å². The molecule has 106 valence electrons. The number of amides is 1. The average molecular weight is 338 g/mol. The Bertz CT molecular complexity index is 635. The minimum absolute atomic E-state index is 0.155. The van der Waals surface area contributed by atoms with Gasteiger partial charge in [0.15, 0.2) is 5.69 Å². The zero-order valence-corrected chi connectivity index (χ0v) is 13.1. The van der Waals surface area contributed by atoms with Crippen molar-refractivity contribution in [2.24, 2.45) is 0 Å². The fraction of sp³-hybridized carbons (Fsp3) is 0.286. The second-order valence-electron chi connectivity index (χ2n) is 4.72. The normalized spacial score (nSPS) is 12.2. The van der Waals surface area contributed by atoms with Crippen LogP contribution in [0.4, 0.5) is 0 Å². The number of nitrogens with zero attached hydrogens (tertiary/aromatic N) is 3. The number of halogens is 1. The molecule has 2 aromatic rings. The standard InChI is InChI=1S/C14H16BrN3O2/c1-9(19)11-5-4-10(15)8-13(11)18-7-6-12(16-18)14(20)17(2)3/h4-9,19H,1-3H3. The lowest BCUT2D eigenvalue weighted by Gasteiger charge is -2.12. The highest BCUT2D eigenvalue weighted by Gasteiger charge is 2.15. The Kier molecular flexibility index (Phi) is 4.25. The number of benzene rings is 1. The third kappa shape index (κ3) is 2.91. The van der Waals surface area contributed by atoms with Crippen LogP contribution in [0.3, 0.4) is 0 Å². The summed E-state index contributed by atoms with van der Waals surface area (Å²) < 4.78 is 2.48. The first-order valence-electron chi connectivity index (χ1n) is 6.15. The van der Waals surface area contributed by atoms with Crippen molar-refractivity contribution in [2.75, 3.05) is 14.1 Å². The number of hydrogen-bond donors (Lipinski definition) is 1. The predicted molar refractivity (Wildman–Crippen MR) is 79.9 cm³/mol. The molecule has 0 aliphatic rings. The van der Waals surface area contributed by atoms with E-state index in [0.29, 0.717) is 5.69 Å². The number of aliphatic hydroxyl groups is 1. The van der Waals surface area contributed by atoms with Crippen LogP contribution in [0.1, 0.15) is 29.1 Å². The summed E-state index contributed by atoms with van der Waals surface area (Å²) in [6, 6.07) is 7.22. The SMILES string of the molecule is CC(O)c1ccc(Br)cc1-n1ccc(C(=O)N(C)C)n1. The van der Waals surface area contributed by atoms with E-state index in [2.05, 4.69) is 21.0 Å². The number of hydrogen-bond acceptors (Lipinski definition) is 3. The molecule has 1 amide bonds. The molecule has 0 radical (unpaired) electrons. The number of aliphatic hydroxyl groups excluding tert-OH is 1. The molecule has 5 nitrogen and oxygen atoms in total. The molecule has 1 heterocycles. The van der Waals surface area contributed by atoms with Crippen LogP contribution in [0.25, 0.3) is 5.69 Å². The first-order chi connectivity index (χ1) is 9.40. The van der Waals surface area contributed by atoms with Crippen molar-refractivity contribution in [2.45, 2.75) is 13.0 Å². The van der Waals surface area contributed by atoms with E-state index in [-0.39, 0.29) is 5.91 Å². The average Bonchev–Trinajstić information content (AvgIpc) is 2.86. The quantitative estimate of drug-likeness (QED) is 0.935. The van der Waals surface area contributed by atoms with Gasteiger partial charge in [0.05, 0.1) is 11.8 Å². The molecule has 1 unspecified atom stereocenters. The van der Waals surface area contributed by atoms with Crippen molar-refractivity contribution in [1.82, 2.24) is 14.7 Å². The van der Waals surface area contributed by atoms with Crippen LogP contribution in [0.15, 0.2) is 34.9 Å². The van der Waals surface area contributed by atoms with E-state index in [1.165, 1.54) is 4.90 Å². The van der Waals surface area contributed by atoms with Crippen LogP contribution in [-0.4, -0.2) is 39.8 Å². The smallest absolute Gasteiger partial charge is 0.273 e. The van der Waals surface area contributed by atoms with Crippen LogP contribution in [0, 0.1) is 0 Å². The maximum absolute atomic E-state index is 11.9. The maximum Gasteiger partial charge on any atom is 0.273 e. The van der Waals surface area contributed by atoms with E-state index in [9.17, 15) is 9.90 Å². The molecule has 0 saturated carbocycles. The van der Waals surface area contributed by atoms with Crippen LogP contribution >= 0.6 is 15.9 Å². The van der Waals surface area contributed by atoms with Crippen molar-refractivity contribution >= 4 is 21.8 Å². The zero-order valence-electron chi connectivity index (χ0n) is 11.5. The van der Waals surface area contributed by atoms with Crippen molar-refractivity contribution in [3.05, 3.63) is 46.2 Å². The van der Waals surface area contributed by atoms with Gasteiger partial charge in [-0.2, -0.15) is 5.10 Å². The first kappa shape index (κ1) is 14.7. The van der Waals surface area contributed by atoms with Crippen LogP contribution in [0.2, 0.25) is 0 Å². The highest BCUT2D eigenvalue weighted by molar-refractivity contribution is 9.10. The van der Waals surface area contributed by atoms with Crippen LogP contribution in [-0.2, 0) is 0 Å². The molecule has 0 bridgehead atoms. The summed E-state index contributed by atoms with van der Waals surface area (Å²) in [5, 5.41) is 14.1. The number of rotatable bonds is 3. The Morgan fingerprint density at radius 1 is 1.40 bits per heavy atom. The minimum Gasteiger partial charge on any atom is -0.389 e. The number of carbonyl (C=O) groups excluding carboxylic acids is 1. The van der Waals surface area contributed by atoms with Crippen molar-refractivity contribution in [3.63, 3.8) is 0 Å². The number of aromatic nitrogens is 2. The highest BCUT2D eigenvalue weighted by atomic mass is 79.9. The highest BCUT2D eigenvalue weighted by Crippen LogP contribution is 2.25. The van der Waals surface area contributed by atoms with Crippen LogP contribution in [0.5, 0.6) is 0 Å². The first-order valence-corrected chi connectivity index (χ1v) is 6.94. The maximum atomic E-state index is 11.9. The molecule has 0 saturated heterocycles. The summed E-state index contributed by atoms with van der Waals surface area (Å²) in [5.74, 6) is -0.155. The summed E-state index contributed by atoms with van der Waals surface area (Å²) in [7, 11) is 3.36. The van der Waals surface area contributed by atoms with Gasteiger partial charge in [0.1, 0.15) is 0 Å². The Labute approximate surface area is 126 Å². The van der Waals surface area contributed by atoms with Gasteiger partial charge in [-0.3, -0.25) is 4.79 Å². The Morgan fingerprint density at radius 2 is 2.10 bits per heavy atom. The lowest BCUT2D eigenvalue weighted by Crippen LogP contribution is -2.22. The van der Waals surface area contributed by atoms with Crippen molar-refractivity contribution in [1.29, 1.82) is 0 Å². The fourth-order valence-electron chi connectivity index (χ4n) is 1.87. The van der Waals surface area contributed by atoms with E-state index in [1.54, 1.807) is 38.0 Å². The molecule has 20 heavy (non-hydrogen) atoms. The predicted octanol–water partition coefficient (Wildman–Crippen LogP) is 2.39. The number of carbonyl (C=O) groups is 1. The molecule has 2 rings (SSSR count). The van der Waals surface area contributed by atoms with Gasteiger partial charge in [0, 0.05) is 30.3 Å². The molecule has 1 N–H and O–H groups in total. The summed E-state index contributed by atoms with van der Waals surface area (Å²) in [5.41, 5.74) is 1.86. The van der Waals surface area contributed by atoms with E-state index >= 15 is 0 Å². The second kappa shape index (κ2) is 5.76. The summed E-state index contributed by atoms with van der Waals surface area (Å²) in [4.78, 5) is 13.3. The van der Waals surface area contributed by atoms with Crippen LogP contribution < -0.4 is 0 Å². The molecule has 0 fully saturated rings. The summed E-state index contributed by atoms with van der Waals surface area (Å²) in [6.45, 7) is 1.70. The van der Waals surface area contributed by atoms with Gasteiger partial charge < -0.3 is 10.0 Å². The Balaban J connectivity index is 2.47. The molecule has 6 heteroatoms. The van der Waals surface area contributed by atoms with E-state index < -0.39 is 6.10 Å². The summed E-state index contributed by atoms with van der Waals surface area (Å²) >= 11 is 3.40. The molecule has 1 aromatic heterocycles. The molecule has 0 spiro atoms. The van der Waals surface area contributed by atoms with Gasteiger partial charge in [-0.1, -0.05) is 22.0 Å². The largest absolute Gasteiger partial charge is 0.389 e. The monoisotopic (exact) mass is 337 g/mol.